The van der Waals surface area contributed by atoms with Crippen molar-refractivity contribution >= 4 is 31.5 Å². The van der Waals surface area contributed by atoms with Crippen LogP contribution in [0.3, 0.4) is 0 Å². The number of sulfone groups is 2. The maximum absolute atomic E-state index is 12.5. The highest BCUT2D eigenvalue weighted by Crippen LogP contribution is 2.20. The Balaban J connectivity index is 1.94. The second-order valence-electron chi connectivity index (χ2n) is 7.48. The molecule has 1 aromatic rings. The summed E-state index contributed by atoms with van der Waals surface area (Å²) < 4.78 is 48.9. The number of carbonyl (C=O) groups excluding carboxylic acids is 2. The van der Waals surface area contributed by atoms with Crippen LogP contribution in [0.1, 0.15) is 32.3 Å². The summed E-state index contributed by atoms with van der Waals surface area (Å²) in [6.45, 7) is 3.86. The molecule has 10 heteroatoms. The first-order chi connectivity index (χ1) is 13.5. The van der Waals surface area contributed by atoms with Crippen molar-refractivity contribution in [1.82, 2.24) is 10.2 Å². The van der Waals surface area contributed by atoms with Gasteiger partial charge < -0.3 is 10.2 Å². The van der Waals surface area contributed by atoms with Crippen molar-refractivity contribution < 1.29 is 26.4 Å². The number of nitrogens with zero attached hydrogens (tertiary/aromatic N) is 1. The average molecular weight is 445 g/mol. The van der Waals surface area contributed by atoms with Crippen molar-refractivity contribution in [3.63, 3.8) is 0 Å². The van der Waals surface area contributed by atoms with Gasteiger partial charge in [-0.1, -0.05) is 12.1 Å². The summed E-state index contributed by atoms with van der Waals surface area (Å²) in [6.07, 6.45) is 0.727. The number of nitrogens with one attached hydrogen (secondary N) is 1. The van der Waals surface area contributed by atoms with Gasteiger partial charge in [0.2, 0.25) is 11.8 Å². The molecule has 1 heterocycles. The molecule has 8 nitrogen and oxygen atoms in total. The van der Waals surface area contributed by atoms with Crippen molar-refractivity contribution in [2.75, 3.05) is 25.9 Å². The van der Waals surface area contributed by atoms with E-state index in [9.17, 15) is 26.4 Å². The van der Waals surface area contributed by atoms with Crippen molar-refractivity contribution in [3.8, 4) is 0 Å². The van der Waals surface area contributed by atoms with Crippen LogP contribution < -0.4 is 5.32 Å². The summed E-state index contributed by atoms with van der Waals surface area (Å²) >= 11 is 0. The van der Waals surface area contributed by atoms with E-state index in [0.29, 0.717) is 31.5 Å². The molecule has 1 aliphatic heterocycles. The molecule has 2 rings (SSSR count). The van der Waals surface area contributed by atoms with Gasteiger partial charge >= 0.3 is 0 Å². The number of rotatable bonds is 7. The number of likely N-dealkylation sites (tertiary alicyclic amines) is 1. The fraction of sp³-hybridized carbons (Fsp3) is 0.579. The second-order valence-corrected chi connectivity index (χ2v) is 12.3. The Kier molecular flexibility index (Phi) is 7.45. The van der Waals surface area contributed by atoms with Crippen molar-refractivity contribution in [2.24, 2.45) is 0 Å². The largest absolute Gasteiger partial charge is 0.358 e. The predicted octanol–water partition coefficient (Wildman–Crippen LogP) is 0.563. The molecule has 1 aromatic carbocycles. The Morgan fingerprint density at radius 2 is 1.62 bits per heavy atom. The number of benzene rings is 1. The standard InChI is InChI=1S/C19H28N2O6S2/c1-14(2)29(26,27)17-6-4-15(5-7-17)12-19(23)21-10-8-16(9-11-21)28(24,25)13-18(22)20-3/h4-7,14,16H,8-13H2,1-3H3,(H,20,22). The molecule has 0 atom stereocenters. The SMILES string of the molecule is CNC(=O)CS(=O)(=O)C1CCN(C(=O)Cc2ccc(S(=O)(=O)C(C)C)cc2)CC1. The molecule has 0 radical (unpaired) electrons. The van der Waals surface area contributed by atoms with Gasteiger partial charge in [0, 0.05) is 20.1 Å². The quantitative estimate of drug-likeness (QED) is 0.657. The van der Waals surface area contributed by atoms with Crippen molar-refractivity contribution in [3.05, 3.63) is 29.8 Å². The van der Waals surface area contributed by atoms with Gasteiger partial charge in [-0.2, -0.15) is 0 Å². The molecule has 0 bridgehead atoms. The van der Waals surface area contributed by atoms with E-state index in [4.69, 9.17) is 0 Å². The normalized spacial score (nSPS) is 16.1. The molecule has 0 unspecified atom stereocenters. The molecule has 1 aliphatic rings. The van der Waals surface area contributed by atoms with Gasteiger partial charge in [0.05, 0.1) is 21.8 Å². The van der Waals surface area contributed by atoms with Crippen LogP contribution in [0.4, 0.5) is 0 Å². The lowest BCUT2D eigenvalue weighted by Crippen LogP contribution is -2.44. The molecular weight excluding hydrogens is 416 g/mol. The molecule has 0 aromatic heterocycles. The molecule has 1 N–H and O–H groups in total. The van der Waals surface area contributed by atoms with E-state index in [1.165, 1.54) is 19.2 Å². The van der Waals surface area contributed by atoms with Crippen LogP contribution >= 0.6 is 0 Å². The van der Waals surface area contributed by atoms with Gasteiger partial charge in [-0.25, -0.2) is 16.8 Å². The topological polar surface area (TPSA) is 118 Å². The fourth-order valence-electron chi connectivity index (χ4n) is 3.19. The molecule has 1 saturated heterocycles. The first-order valence-electron chi connectivity index (χ1n) is 9.50. The Labute approximate surface area is 172 Å². The lowest BCUT2D eigenvalue weighted by Gasteiger charge is -2.31. The predicted molar refractivity (Wildman–Crippen MR) is 110 cm³/mol. The first-order valence-corrected chi connectivity index (χ1v) is 12.8. The maximum atomic E-state index is 12.5. The van der Waals surface area contributed by atoms with Crippen molar-refractivity contribution in [2.45, 2.75) is 48.5 Å². The van der Waals surface area contributed by atoms with Gasteiger partial charge in [-0.05, 0) is 44.4 Å². The first kappa shape index (κ1) is 23.3. The van der Waals surface area contributed by atoms with Crippen LogP contribution in [0.25, 0.3) is 0 Å². The highest BCUT2D eigenvalue weighted by molar-refractivity contribution is 7.92. The van der Waals surface area contributed by atoms with E-state index >= 15 is 0 Å². The molecular formula is C19H28N2O6S2. The van der Waals surface area contributed by atoms with Crippen LogP contribution in [0.15, 0.2) is 29.2 Å². The van der Waals surface area contributed by atoms with Crippen LogP contribution in [-0.4, -0.2) is 69.9 Å². The third kappa shape index (κ3) is 5.79. The highest BCUT2D eigenvalue weighted by Gasteiger charge is 2.32. The molecule has 0 aliphatic carbocycles. The highest BCUT2D eigenvalue weighted by atomic mass is 32.2. The van der Waals surface area contributed by atoms with E-state index in [2.05, 4.69) is 5.32 Å². The Morgan fingerprint density at radius 3 is 2.10 bits per heavy atom. The summed E-state index contributed by atoms with van der Waals surface area (Å²) in [4.78, 5) is 25.8. The number of hydrogen-bond donors (Lipinski definition) is 1. The zero-order valence-electron chi connectivity index (χ0n) is 16.9. The number of hydrogen-bond acceptors (Lipinski definition) is 6. The van der Waals surface area contributed by atoms with Gasteiger partial charge in [0.25, 0.3) is 0 Å². The summed E-state index contributed by atoms with van der Waals surface area (Å²) in [6, 6.07) is 6.28. The molecule has 0 saturated carbocycles. The summed E-state index contributed by atoms with van der Waals surface area (Å²) in [5, 5.41) is 1.17. The minimum atomic E-state index is -3.54. The molecule has 1 fully saturated rings. The van der Waals surface area contributed by atoms with E-state index in [1.807, 2.05) is 0 Å². The zero-order valence-corrected chi connectivity index (χ0v) is 18.6. The zero-order chi connectivity index (χ0) is 21.8. The van der Waals surface area contributed by atoms with Crippen molar-refractivity contribution in [1.29, 1.82) is 0 Å². The van der Waals surface area contributed by atoms with Gasteiger partial charge in [-0.3, -0.25) is 9.59 Å². The lowest BCUT2D eigenvalue weighted by atomic mass is 10.1. The van der Waals surface area contributed by atoms with Gasteiger partial charge in [-0.15, -0.1) is 0 Å². The van der Waals surface area contributed by atoms with E-state index in [0.717, 1.165) is 0 Å². The lowest BCUT2D eigenvalue weighted by molar-refractivity contribution is -0.131. The summed E-state index contributed by atoms with van der Waals surface area (Å²) in [7, 11) is -5.50. The molecule has 162 valence electrons. The monoisotopic (exact) mass is 444 g/mol. The smallest absolute Gasteiger partial charge is 0.234 e. The fourth-order valence-corrected chi connectivity index (χ4v) is 5.93. The minimum Gasteiger partial charge on any atom is -0.358 e. The van der Waals surface area contributed by atoms with Gasteiger partial charge in [0.1, 0.15) is 5.75 Å². The molecule has 2 amide bonds. The number of carbonyl (C=O) groups is 2. The number of amides is 2. The van der Waals surface area contributed by atoms with E-state index in [1.54, 1.807) is 30.9 Å². The molecule has 29 heavy (non-hydrogen) atoms. The second kappa shape index (κ2) is 9.25. The number of piperidine rings is 1. The maximum Gasteiger partial charge on any atom is 0.234 e. The van der Waals surface area contributed by atoms with Crippen LogP contribution in [0.5, 0.6) is 0 Å². The van der Waals surface area contributed by atoms with Crippen LogP contribution in [0.2, 0.25) is 0 Å². The molecule has 0 spiro atoms. The van der Waals surface area contributed by atoms with Gasteiger partial charge in [0.15, 0.2) is 19.7 Å². The Morgan fingerprint density at radius 1 is 1.07 bits per heavy atom. The average Bonchev–Trinajstić information content (AvgIpc) is 2.68. The van der Waals surface area contributed by atoms with Crippen LogP contribution in [0, 0.1) is 0 Å². The van der Waals surface area contributed by atoms with E-state index < -0.39 is 41.8 Å². The summed E-state index contributed by atoms with van der Waals surface area (Å²) in [5.41, 5.74) is 0.701. The third-order valence-electron chi connectivity index (χ3n) is 5.14. The summed E-state index contributed by atoms with van der Waals surface area (Å²) in [5.74, 6) is -1.20. The Bertz CT molecular complexity index is 945. The Hall–Kier alpha value is -1.94. The third-order valence-corrected chi connectivity index (χ3v) is 9.46. The van der Waals surface area contributed by atoms with E-state index in [-0.39, 0.29) is 17.2 Å². The van der Waals surface area contributed by atoms with Crippen LogP contribution in [-0.2, 0) is 35.7 Å². The minimum absolute atomic E-state index is 0.123.